The van der Waals surface area contributed by atoms with E-state index in [4.69, 9.17) is 0 Å². The van der Waals surface area contributed by atoms with Crippen LogP contribution in [0.25, 0.3) is 11.1 Å². The summed E-state index contributed by atoms with van der Waals surface area (Å²) in [4.78, 5) is 21.1. The summed E-state index contributed by atoms with van der Waals surface area (Å²) in [5, 5.41) is 3.00. The molecule has 0 aliphatic heterocycles. The number of rotatable bonds is 10. The van der Waals surface area contributed by atoms with Gasteiger partial charge in [0.05, 0.1) is 5.56 Å². The molecule has 0 aliphatic rings. The van der Waals surface area contributed by atoms with Crippen molar-refractivity contribution in [3.05, 3.63) is 71.4 Å². The number of thioether (sulfide) groups is 1. The molecule has 35 heavy (non-hydrogen) atoms. The summed E-state index contributed by atoms with van der Waals surface area (Å²) in [6.45, 7) is 7.84. The Morgan fingerprint density at radius 2 is 1.83 bits per heavy atom. The standard InChI is InChI=1S/C28H33F2N3OS/c1-6-28(29,30)15-16-33(7-2)26-25(27(34)32-22-9-8-10-23(17-22)35-5)20(4)24(18-31-26)21-13-11-19(3)12-14-21/h8-14,17-18H,6-7,15-16H2,1-5H3,(H,32,34). The topological polar surface area (TPSA) is 45.2 Å². The molecule has 0 fully saturated rings. The highest BCUT2D eigenvalue weighted by molar-refractivity contribution is 7.98. The lowest BCUT2D eigenvalue weighted by molar-refractivity contribution is -0.00921. The van der Waals surface area contributed by atoms with Gasteiger partial charge in [0.15, 0.2) is 0 Å². The minimum atomic E-state index is -2.76. The first-order valence-corrected chi connectivity index (χ1v) is 13.1. The number of benzene rings is 2. The van der Waals surface area contributed by atoms with Gasteiger partial charge in [-0.1, -0.05) is 42.8 Å². The van der Waals surface area contributed by atoms with E-state index in [0.717, 1.165) is 27.1 Å². The lowest BCUT2D eigenvalue weighted by Crippen LogP contribution is -2.32. The van der Waals surface area contributed by atoms with Gasteiger partial charge in [0.1, 0.15) is 5.82 Å². The molecule has 0 saturated heterocycles. The van der Waals surface area contributed by atoms with E-state index in [9.17, 15) is 13.6 Å². The minimum absolute atomic E-state index is 0.107. The highest BCUT2D eigenvalue weighted by Gasteiger charge is 2.29. The van der Waals surface area contributed by atoms with Gasteiger partial charge in [-0.3, -0.25) is 4.79 Å². The first kappa shape index (κ1) is 26.7. The third kappa shape index (κ3) is 6.60. The van der Waals surface area contributed by atoms with Crippen molar-refractivity contribution in [2.45, 2.75) is 51.4 Å². The Kier molecular flexibility index (Phi) is 8.89. The molecule has 3 aromatic rings. The Hall–Kier alpha value is -2.93. The fraction of sp³-hybridized carbons (Fsp3) is 0.357. The van der Waals surface area contributed by atoms with Crippen molar-refractivity contribution >= 4 is 29.2 Å². The van der Waals surface area contributed by atoms with E-state index in [-0.39, 0.29) is 25.3 Å². The Morgan fingerprint density at radius 1 is 1.11 bits per heavy atom. The molecule has 0 unspecified atom stereocenters. The van der Waals surface area contributed by atoms with Gasteiger partial charge in [-0.25, -0.2) is 13.8 Å². The minimum Gasteiger partial charge on any atom is -0.356 e. The molecule has 186 valence electrons. The molecule has 0 atom stereocenters. The Bertz CT molecular complexity index is 1170. The maximum atomic E-state index is 14.1. The van der Waals surface area contributed by atoms with E-state index in [1.165, 1.54) is 6.92 Å². The number of amides is 1. The van der Waals surface area contributed by atoms with Gasteiger partial charge >= 0.3 is 0 Å². The molecule has 4 nitrogen and oxygen atoms in total. The van der Waals surface area contributed by atoms with Crippen molar-refractivity contribution in [3.63, 3.8) is 0 Å². The second-order valence-corrected chi connectivity index (χ2v) is 9.47. The van der Waals surface area contributed by atoms with Crippen molar-refractivity contribution < 1.29 is 13.6 Å². The normalized spacial score (nSPS) is 11.4. The van der Waals surface area contributed by atoms with Crippen LogP contribution in [0.5, 0.6) is 0 Å². The van der Waals surface area contributed by atoms with Gasteiger partial charge in [-0.15, -0.1) is 11.8 Å². The smallest absolute Gasteiger partial charge is 0.259 e. The van der Waals surface area contributed by atoms with Crippen LogP contribution in [-0.2, 0) is 0 Å². The summed E-state index contributed by atoms with van der Waals surface area (Å²) in [5.74, 6) is -2.64. The molecule has 2 aromatic carbocycles. The van der Waals surface area contributed by atoms with E-state index in [1.54, 1.807) is 22.9 Å². The number of hydrogen-bond acceptors (Lipinski definition) is 4. The van der Waals surface area contributed by atoms with Gasteiger partial charge in [0, 0.05) is 48.3 Å². The Labute approximate surface area is 211 Å². The van der Waals surface area contributed by atoms with Gasteiger partial charge in [0.25, 0.3) is 5.91 Å². The maximum Gasteiger partial charge on any atom is 0.259 e. The second-order valence-electron chi connectivity index (χ2n) is 8.59. The number of alkyl halides is 2. The van der Waals surface area contributed by atoms with Crippen molar-refractivity contribution in [3.8, 4) is 11.1 Å². The van der Waals surface area contributed by atoms with Crippen molar-refractivity contribution in [1.29, 1.82) is 0 Å². The van der Waals surface area contributed by atoms with E-state index >= 15 is 0 Å². The molecule has 1 amide bonds. The molecule has 3 rings (SSSR count). The molecule has 1 heterocycles. The zero-order chi connectivity index (χ0) is 25.6. The molecular formula is C28H33F2N3OS. The Balaban J connectivity index is 2.07. The number of nitrogens with zero attached hydrogens (tertiary/aromatic N) is 2. The summed E-state index contributed by atoms with van der Waals surface area (Å²) >= 11 is 1.59. The zero-order valence-electron chi connectivity index (χ0n) is 21.0. The van der Waals surface area contributed by atoms with Crippen LogP contribution in [0, 0.1) is 13.8 Å². The molecule has 1 N–H and O–H groups in total. The van der Waals surface area contributed by atoms with Gasteiger partial charge in [-0.05, 0) is 56.4 Å². The molecular weight excluding hydrogens is 464 g/mol. The summed E-state index contributed by atoms with van der Waals surface area (Å²) in [6, 6.07) is 15.6. The first-order valence-electron chi connectivity index (χ1n) is 11.8. The lowest BCUT2D eigenvalue weighted by Gasteiger charge is -2.27. The average molecular weight is 498 g/mol. The number of carbonyl (C=O) groups is 1. The van der Waals surface area contributed by atoms with Crippen LogP contribution in [-0.4, -0.2) is 36.2 Å². The molecule has 0 aliphatic carbocycles. The fourth-order valence-corrected chi connectivity index (χ4v) is 4.37. The SMILES string of the molecule is CCN(CCC(F)(F)CC)c1ncc(-c2ccc(C)cc2)c(C)c1C(=O)Nc1cccc(SC)c1. The van der Waals surface area contributed by atoms with E-state index < -0.39 is 5.92 Å². The molecule has 1 aromatic heterocycles. The summed E-state index contributed by atoms with van der Waals surface area (Å²) < 4.78 is 28.1. The number of pyridine rings is 1. The number of carbonyl (C=O) groups excluding carboxylic acids is 1. The van der Waals surface area contributed by atoms with Gasteiger partial charge < -0.3 is 10.2 Å². The molecule has 0 saturated carbocycles. The molecule has 0 spiro atoms. The first-order chi connectivity index (χ1) is 16.7. The largest absolute Gasteiger partial charge is 0.356 e. The monoisotopic (exact) mass is 497 g/mol. The lowest BCUT2D eigenvalue weighted by atomic mass is 9.97. The molecule has 0 radical (unpaired) electrons. The van der Waals surface area contributed by atoms with Crippen LogP contribution < -0.4 is 10.2 Å². The van der Waals surface area contributed by atoms with Crippen molar-refractivity contribution in [2.75, 3.05) is 29.6 Å². The summed E-state index contributed by atoms with van der Waals surface area (Å²) in [7, 11) is 0. The van der Waals surface area contributed by atoms with E-state index in [2.05, 4.69) is 10.3 Å². The van der Waals surface area contributed by atoms with Crippen LogP contribution in [0.15, 0.2) is 59.6 Å². The van der Waals surface area contributed by atoms with Gasteiger partial charge in [-0.2, -0.15) is 0 Å². The quantitative estimate of drug-likeness (QED) is 0.293. The third-order valence-corrected chi connectivity index (χ3v) is 6.91. The highest BCUT2D eigenvalue weighted by Crippen LogP contribution is 2.33. The number of hydrogen-bond donors (Lipinski definition) is 1. The average Bonchev–Trinajstić information content (AvgIpc) is 2.85. The number of nitrogens with one attached hydrogen (secondary N) is 1. The number of aromatic nitrogens is 1. The van der Waals surface area contributed by atoms with Crippen LogP contribution in [0.1, 0.15) is 48.2 Å². The zero-order valence-corrected chi connectivity index (χ0v) is 21.8. The summed E-state index contributed by atoms with van der Waals surface area (Å²) in [5.41, 5.74) is 4.76. The number of halogens is 2. The number of anilines is 2. The van der Waals surface area contributed by atoms with Crippen molar-refractivity contribution in [1.82, 2.24) is 4.98 Å². The van der Waals surface area contributed by atoms with E-state index in [1.807, 2.05) is 75.6 Å². The molecule has 7 heteroatoms. The van der Waals surface area contributed by atoms with Crippen LogP contribution >= 0.6 is 11.8 Å². The summed E-state index contributed by atoms with van der Waals surface area (Å²) in [6.07, 6.45) is 3.20. The van der Waals surface area contributed by atoms with Gasteiger partial charge in [0.2, 0.25) is 5.92 Å². The van der Waals surface area contributed by atoms with E-state index in [0.29, 0.717) is 23.6 Å². The second kappa shape index (κ2) is 11.7. The molecule has 0 bridgehead atoms. The van der Waals surface area contributed by atoms with Crippen LogP contribution in [0.3, 0.4) is 0 Å². The fourth-order valence-electron chi connectivity index (χ4n) is 3.91. The van der Waals surface area contributed by atoms with Crippen molar-refractivity contribution in [2.24, 2.45) is 0 Å². The third-order valence-electron chi connectivity index (χ3n) is 6.18. The highest BCUT2D eigenvalue weighted by atomic mass is 32.2. The van der Waals surface area contributed by atoms with Crippen LogP contribution in [0.4, 0.5) is 20.3 Å². The Morgan fingerprint density at radius 3 is 2.46 bits per heavy atom. The number of aryl methyl sites for hydroxylation is 1. The predicted molar refractivity (Wildman–Crippen MR) is 143 cm³/mol. The maximum absolute atomic E-state index is 14.1. The van der Waals surface area contributed by atoms with Crippen LogP contribution in [0.2, 0.25) is 0 Å². The predicted octanol–water partition coefficient (Wildman–Crippen LogP) is 7.60.